The van der Waals surface area contributed by atoms with Crippen molar-refractivity contribution in [2.24, 2.45) is 0 Å². The van der Waals surface area contributed by atoms with Crippen molar-refractivity contribution in [1.82, 2.24) is 15.3 Å². The molecule has 0 aliphatic rings. The fourth-order valence-electron chi connectivity index (χ4n) is 1.81. The highest BCUT2D eigenvalue weighted by Crippen LogP contribution is 2.13. The lowest BCUT2D eigenvalue weighted by Gasteiger charge is -2.27. The van der Waals surface area contributed by atoms with E-state index < -0.39 is 0 Å². The molecule has 1 aromatic heterocycles. The number of rotatable bonds is 7. The van der Waals surface area contributed by atoms with Gasteiger partial charge in [0, 0.05) is 31.4 Å². The predicted octanol–water partition coefficient (Wildman–Crippen LogP) is 2.60. The monoisotopic (exact) mass is 250 g/mol. The minimum Gasteiger partial charge on any atom is -0.353 e. The maximum atomic E-state index is 4.69. The van der Waals surface area contributed by atoms with E-state index in [1.807, 2.05) is 12.4 Å². The molecule has 1 aromatic rings. The van der Waals surface area contributed by atoms with Crippen molar-refractivity contribution >= 4 is 5.82 Å². The number of nitrogens with one attached hydrogen (secondary N) is 1. The summed E-state index contributed by atoms with van der Waals surface area (Å²) in [5, 5.41) is 3.37. The molecule has 4 heteroatoms. The molecule has 0 aliphatic carbocycles. The summed E-state index contributed by atoms with van der Waals surface area (Å²) in [7, 11) is 0. The Labute approximate surface area is 111 Å². The molecule has 4 nitrogen and oxygen atoms in total. The van der Waals surface area contributed by atoms with Gasteiger partial charge in [-0.15, -0.1) is 0 Å². The number of anilines is 1. The van der Waals surface area contributed by atoms with Crippen LogP contribution in [0.5, 0.6) is 0 Å². The highest BCUT2D eigenvalue weighted by Gasteiger charge is 2.11. The summed E-state index contributed by atoms with van der Waals surface area (Å²) in [5.41, 5.74) is 1.00. The minimum absolute atomic E-state index is 0.451. The Morgan fingerprint density at radius 3 is 2.50 bits per heavy atom. The molecule has 0 saturated carbocycles. The van der Waals surface area contributed by atoms with E-state index in [1.54, 1.807) is 0 Å². The lowest BCUT2D eigenvalue weighted by Crippen LogP contribution is -2.32. The first-order valence-corrected chi connectivity index (χ1v) is 6.85. The quantitative estimate of drug-likeness (QED) is 0.807. The van der Waals surface area contributed by atoms with E-state index >= 15 is 0 Å². The number of hydrogen-bond donors (Lipinski definition) is 1. The van der Waals surface area contributed by atoms with Crippen LogP contribution in [0.15, 0.2) is 12.4 Å². The van der Waals surface area contributed by atoms with Crippen LogP contribution < -0.4 is 10.2 Å². The molecular formula is C14H26N4. The van der Waals surface area contributed by atoms with Gasteiger partial charge in [-0.25, -0.2) is 4.98 Å². The molecule has 18 heavy (non-hydrogen) atoms. The van der Waals surface area contributed by atoms with Crippen LogP contribution in [0.2, 0.25) is 0 Å². The van der Waals surface area contributed by atoms with Gasteiger partial charge in [0.25, 0.3) is 0 Å². The Bertz CT molecular complexity index is 349. The topological polar surface area (TPSA) is 41.1 Å². The van der Waals surface area contributed by atoms with Crippen LogP contribution in [-0.2, 0) is 6.54 Å². The molecule has 0 aromatic carbocycles. The Morgan fingerprint density at radius 1 is 1.22 bits per heavy atom. The van der Waals surface area contributed by atoms with Gasteiger partial charge in [0.1, 0.15) is 5.82 Å². The first kappa shape index (κ1) is 14.9. The van der Waals surface area contributed by atoms with Gasteiger partial charge < -0.3 is 10.2 Å². The van der Waals surface area contributed by atoms with Gasteiger partial charge in [-0.2, -0.15) is 0 Å². The van der Waals surface area contributed by atoms with Crippen molar-refractivity contribution < 1.29 is 0 Å². The summed E-state index contributed by atoms with van der Waals surface area (Å²) in [6, 6.07) is 0.917. The fourth-order valence-corrected chi connectivity index (χ4v) is 1.81. The first-order chi connectivity index (χ1) is 8.54. The van der Waals surface area contributed by atoms with Gasteiger partial charge in [0.2, 0.25) is 0 Å². The summed E-state index contributed by atoms with van der Waals surface area (Å²) in [4.78, 5) is 11.3. The Morgan fingerprint density at radius 2 is 1.94 bits per heavy atom. The molecule has 0 amide bonds. The van der Waals surface area contributed by atoms with Crippen LogP contribution in [0.4, 0.5) is 5.82 Å². The summed E-state index contributed by atoms with van der Waals surface area (Å²) in [6.07, 6.45) is 4.81. The van der Waals surface area contributed by atoms with Crippen molar-refractivity contribution in [3.8, 4) is 0 Å². The maximum Gasteiger partial charge on any atom is 0.147 e. The van der Waals surface area contributed by atoms with Gasteiger partial charge >= 0.3 is 0 Å². The maximum absolute atomic E-state index is 4.69. The number of aromatic nitrogens is 2. The summed E-state index contributed by atoms with van der Waals surface area (Å²) >= 11 is 0. The Hall–Kier alpha value is -1.16. The van der Waals surface area contributed by atoms with E-state index in [-0.39, 0.29) is 0 Å². The van der Waals surface area contributed by atoms with Gasteiger partial charge in [0.05, 0.1) is 11.9 Å². The van der Waals surface area contributed by atoms with Crippen molar-refractivity contribution in [2.75, 3.05) is 11.4 Å². The second kappa shape index (κ2) is 7.31. The third kappa shape index (κ3) is 4.61. The van der Waals surface area contributed by atoms with Crippen molar-refractivity contribution in [3.05, 3.63) is 18.1 Å². The van der Waals surface area contributed by atoms with Gasteiger partial charge in [-0.3, -0.25) is 4.98 Å². The number of hydrogen-bond acceptors (Lipinski definition) is 4. The van der Waals surface area contributed by atoms with E-state index in [2.05, 4.69) is 54.8 Å². The molecule has 0 bridgehead atoms. The SMILES string of the molecule is CCCN(c1cncc(CNC(C)C)n1)C(C)C. The zero-order valence-electron chi connectivity index (χ0n) is 12.3. The second-order valence-corrected chi connectivity index (χ2v) is 5.19. The minimum atomic E-state index is 0.451. The summed E-state index contributed by atoms with van der Waals surface area (Å²) in [6.45, 7) is 12.6. The fraction of sp³-hybridized carbons (Fsp3) is 0.714. The third-order valence-corrected chi connectivity index (χ3v) is 2.75. The highest BCUT2D eigenvalue weighted by atomic mass is 15.2. The average Bonchev–Trinajstić information content (AvgIpc) is 2.33. The molecule has 0 atom stereocenters. The molecule has 0 spiro atoms. The Balaban J connectivity index is 2.78. The molecule has 1 rings (SSSR count). The first-order valence-electron chi connectivity index (χ1n) is 6.85. The van der Waals surface area contributed by atoms with E-state index in [9.17, 15) is 0 Å². The lowest BCUT2D eigenvalue weighted by atomic mass is 10.3. The predicted molar refractivity (Wildman–Crippen MR) is 76.8 cm³/mol. The summed E-state index contributed by atoms with van der Waals surface area (Å²) in [5.74, 6) is 0.981. The summed E-state index contributed by atoms with van der Waals surface area (Å²) < 4.78 is 0. The van der Waals surface area contributed by atoms with Gasteiger partial charge in [-0.05, 0) is 20.3 Å². The second-order valence-electron chi connectivity index (χ2n) is 5.19. The lowest BCUT2D eigenvalue weighted by molar-refractivity contribution is 0.578. The molecule has 0 radical (unpaired) electrons. The average molecular weight is 250 g/mol. The van der Waals surface area contributed by atoms with Crippen LogP contribution in [-0.4, -0.2) is 28.6 Å². The molecule has 1 N–H and O–H groups in total. The molecule has 0 fully saturated rings. The third-order valence-electron chi connectivity index (χ3n) is 2.75. The van der Waals surface area contributed by atoms with Crippen LogP contribution in [0.25, 0.3) is 0 Å². The van der Waals surface area contributed by atoms with Crippen LogP contribution in [0.3, 0.4) is 0 Å². The molecular weight excluding hydrogens is 224 g/mol. The zero-order valence-corrected chi connectivity index (χ0v) is 12.3. The van der Waals surface area contributed by atoms with E-state index in [4.69, 9.17) is 0 Å². The van der Waals surface area contributed by atoms with Crippen molar-refractivity contribution in [3.63, 3.8) is 0 Å². The molecule has 0 aliphatic heterocycles. The molecule has 102 valence electrons. The molecule has 0 unspecified atom stereocenters. The van der Waals surface area contributed by atoms with E-state index in [1.165, 1.54) is 0 Å². The van der Waals surface area contributed by atoms with Crippen LogP contribution >= 0.6 is 0 Å². The largest absolute Gasteiger partial charge is 0.353 e. The Kier molecular flexibility index (Phi) is 6.05. The van der Waals surface area contributed by atoms with Crippen LogP contribution in [0.1, 0.15) is 46.7 Å². The van der Waals surface area contributed by atoms with Gasteiger partial charge in [-0.1, -0.05) is 20.8 Å². The standard InChI is InChI=1S/C14H26N4/c1-6-7-18(12(4)5)14-10-15-8-13(17-14)9-16-11(2)3/h8,10-12,16H,6-7,9H2,1-5H3. The van der Waals surface area contributed by atoms with E-state index in [0.29, 0.717) is 12.1 Å². The van der Waals surface area contributed by atoms with E-state index in [0.717, 1.165) is 31.0 Å². The number of nitrogens with zero attached hydrogens (tertiary/aromatic N) is 3. The van der Waals surface area contributed by atoms with Crippen LogP contribution in [0, 0.1) is 0 Å². The normalized spacial score (nSPS) is 11.3. The zero-order chi connectivity index (χ0) is 13.5. The smallest absolute Gasteiger partial charge is 0.147 e. The van der Waals surface area contributed by atoms with Crippen molar-refractivity contribution in [1.29, 1.82) is 0 Å². The van der Waals surface area contributed by atoms with Gasteiger partial charge in [0.15, 0.2) is 0 Å². The molecule has 0 saturated heterocycles. The molecule has 1 heterocycles. The highest BCUT2D eigenvalue weighted by molar-refractivity contribution is 5.37. The van der Waals surface area contributed by atoms with Crippen molar-refractivity contribution in [2.45, 2.75) is 59.7 Å².